The Kier molecular flexibility index (Phi) is 4.60. The molecule has 3 heterocycles. The minimum Gasteiger partial charge on any atom is -0.312 e. The van der Waals surface area contributed by atoms with Crippen LogP contribution in [0.4, 0.5) is 0 Å². The van der Waals surface area contributed by atoms with E-state index in [0.717, 1.165) is 36.0 Å². The molecule has 20 heavy (non-hydrogen) atoms. The fraction of sp³-hybridized carbons (Fsp3) is 0.667. The lowest BCUT2D eigenvalue weighted by molar-refractivity contribution is 0.322. The second-order valence-corrected chi connectivity index (χ2v) is 10.8. The van der Waals surface area contributed by atoms with Gasteiger partial charge in [-0.25, -0.2) is 8.42 Å². The summed E-state index contributed by atoms with van der Waals surface area (Å²) in [5, 5.41) is 3.45. The van der Waals surface area contributed by atoms with Crippen molar-refractivity contribution in [3.8, 4) is 0 Å². The molecule has 2 aliphatic rings. The molecule has 0 saturated carbocycles. The largest absolute Gasteiger partial charge is 0.312 e. The third-order valence-electron chi connectivity index (χ3n) is 4.02. The predicted molar refractivity (Wildman–Crippen MR) is 87.7 cm³/mol. The van der Waals surface area contributed by atoms with Crippen molar-refractivity contribution < 1.29 is 8.42 Å². The van der Waals surface area contributed by atoms with Gasteiger partial charge in [-0.15, -0.1) is 11.3 Å². The van der Waals surface area contributed by atoms with Crippen molar-refractivity contribution in [2.45, 2.75) is 42.7 Å². The molecule has 3 rings (SSSR count). The SMILES string of the molecule is O=S(=O)(c1cc(Br)sc1Br)N1CCCC1C1CCCN1. The van der Waals surface area contributed by atoms with Crippen LogP contribution >= 0.6 is 43.2 Å². The summed E-state index contributed by atoms with van der Waals surface area (Å²) in [5.41, 5.74) is 0. The predicted octanol–water partition coefficient (Wildman–Crippen LogP) is 3.18. The standard InChI is InChI=1S/C12H16Br2N2O2S2/c13-11-7-10(12(14)19-11)20(17,18)16-6-2-4-9(16)8-3-1-5-15-8/h7-9,15H,1-6H2. The Bertz CT molecular complexity index is 597. The van der Waals surface area contributed by atoms with Crippen LogP contribution in [0.25, 0.3) is 0 Å². The molecule has 0 amide bonds. The molecule has 8 heteroatoms. The van der Waals surface area contributed by atoms with Gasteiger partial charge in [-0.05, 0) is 70.2 Å². The lowest BCUT2D eigenvalue weighted by Crippen LogP contribution is -2.46. The van der Waals surface area contributed by atoms with Crippen molar-refractivity contribution in [2.24, 2.45) is 0 Å². The molecular weight excluding hydrogens is 428 g/mol. The van der Waals surface area contributed by atoms with Gasteiger partial charge in [0.15, 0.2) is 0 Å². The zero-order valence-corrected chi connectivity index (χ0v) is 15.6. The second kappa shape index (κ2) is 5.96. The van der Waals surface area contributed by atoms with Crippen molar-refractivity contribution in [1.29, 1.82) is 0 Å². The minimum atomic E-state index is -3.41. The number of sulfonamides is 1. The van der Waals surface area contributed by atoms with Crippen LogP contribution < -0.4 is 5.32 Å². The van der Waals surface area contributed by atoms with Crippen LogP contribution in [0.3, 0.4) is 0 Å². The lowest BCUT2D eigenvalue weighted by atomic mass is 10.1. The smallest absolute Gasteiger partial charge is 0.245 e. The maximum atomic E-state index is 12.9. The van der Waals surface area contributed by atoms with Gasteiger partial charge in [-0.1, -0.05) is 0 Å². The van der Waals surface area contributed by atoms with Crippen molar-refractivity contribution in [3.63, 3.8) is 0 Å². The summed E-state index contributed by atoms with van der Waals surface area (Å²) in [6, 6.07) is 2.11. The Morgan fingerprint density at radius 2 is 2.10 bits per heavy atom. The van der Waals surface area contributed by atoms with Crippen molar-refractivity contribution in [2.75, 3.05) is 13.1 Å². The number of rotatable bonds is 3. The van der Waals surface area contributed by atoms with E-state index in [2.05, 4.69) is 37.2 Å². The summed E-state index contributed by atoms with van der Waals surface area (Å²) in [6.07, 6.45) is 4.12. The van der Waals surface area contributed by atoms with Gasteiger partial charge >= 0.3 is 0 Å². The molecule has 1 aromatic heterocycles. The van der Waals surface area contributed by atoms with Gasteiger partial charge in [0, 0.05) is 18.6 Å². The summed E-state index contributed by atoms with van der Waals surface area (Å²) in [4.78, 5) is 0.388. The number of thiophene rings is 1. The quantitative estimate of drug-likeness (QED) is 0.780. The summed E-state index contributed by atoms with van der Waals surface area (Å²) in [6.45, 7) is 1.63. The molecule has 4 nitrogen and oxygen atoms in total. The average molecular weight is 444 g/mol. The molecular formula is C12H16Br2N2O2S2. The Balaban J connectivity index is 1.91. The van der Waals surface area contributed by atoms with E-state index in [0.29, 0.717) is 21.3 Å². The maximum Gasteiger partial charge on any atom is 0.245 e. The van der Waals surface area contributed by atoms with E-state index in [1.807, 2.05) is 0 Å². The van der Waals surface area contributed by atoms with Gasteiger partial charge in [-0.3, -0.25) is 0 Å². The molecule has 0 spiro atoms. The van der Waals surface area contributed by atoms with Crippen LogP contribution in [0.2, 0.25) is 0 Å². The van der Waals surface area contributed by atoms with E-state index in [9.17, 15) is 8.42 Å². The minimum absolute atomic E-state index is 0.105. The molecule has 112 valence electrons. The Hall–Kier alpha value is 0.530. The Morgan fingerprint density at radius 1 is 1.30 bits per heavy atom. The molecule has 2 atom stereocenters. The maximum absolute atomic E-state index is 12.9. The van der Waals surface area contributed by atoms with E-state index in [4.69, 9.17) is 0 Å². The number of nitrogens with one attached hydrogen (secondary N) is 1. The molecule has 1 N–H and O–H groups in total. The summed E-state index contributed by atoms with van der Waals surface area (Å²) in [5.74, 6) is 0. The topological polar surface area (TPSA) is 49.4 Å². The van der Waals surface area contributed by atoms with Crippen LogP contribution in [-0.4, -0.2) is 37.9 Å². The fourth-order valence-electron chi connectivity index (χ4n) is 3.13. The fourth-order valence-corrected chi connectivity index (χ4v) is 8.63. The van der Waals surface area contributed by atoms with Gasteiger partial charge in [0.25, 0.3) is 0 Å². The molecule has 2 saturated heterocycles. The normalized spacial score (nSPS) is 28.3. The van der Waals surface area contributed by atoms with Gasteiger partial charge < -0.3 is 5.32 Å². The summed E-state index contributed by atoms with van der Waals surface area (Å²) in [7, 11) is -3.41. The molecule has 0 bridgehead atoms. The third kappa shape index (κ3) is 2.75. The summed E-state index contributed by atoms with van der Waals surface area (Å²) >= 11 is 8.13. The lowest BCUT2D eigenvalue weighted by Gasteiger charge is -2.28. The summed E-state index contributed by atoms with van der Waals surface area (Å²) < 4.78 is 29.0. The van der Waals surface area contributed by atoms with Crippen LogP contribution in [0.15, 0.2) is 18.5 Å². The molecule has 0 aliphatic carbocycles. The van der Waals surface area contributed by atoms with Crippen LogP contribution in [0.1, 0.15) is 25.7 Å². The Labute approximate surface area is 140 Å². The first-order valence-electron chi connectivity index (χ1n) is 6.70. The van der Waals surface area contributed by atoms with Crippen molar-refractivity contribution >= 4 is 53.2 Å². The molecule has 0 aromatic carbocycles. The van der Waals surface area contributed by atoms with E-state index >= 15 is 0 Å². The zero-order valence-electron chi connectivity index (χ0n) is 10.8. The highest BCUT2D eigenvalue weighted by molar-refractivity contribution is 9.12. The number of nitrogens with zero attached hydrogens (tertiary/aromatic N) is 1. The van der Waals surface area contributed by atoms with E-state index in [1.54, 1.807) is 10.4 Å². The van der Waals surface area contributed by atoms with Crippen LogP contribution in [0, 0.1) is 0 Å². The molecule has 2 fully saturated rings. The first-order chi connectivity index (χ1) is 9.50. The molecule has 2 unspecified atom stereocenters. The zero-order chi connectivity index (χ0) is 14.3. The highest BCUT2D eigenvalue weighted by atomic mass is 79.9. The van der Waals surface area contributed by atoms with Gasteiger partial charge in [0.1, 0.15) is 4.90 Å². The first-order valence-corrected chi connectivity index (χ1v) is 10.5. The highest BCUT2D eigenvalue weighted by Gasteiger charge is 2.41. The van der Waals surface area contributed by atoms with Gasteiger partial charge in [-0.2, -0.15) is 4.31 Å². The van der Waals surface area contributed by atoms with E-state index in [-0.39, 0.29) is 6.04 Å². The van der Waals surface area contributed by atoms with Crippen LogP contribution in [-0.2, 0) is 10.0 Å². The Morgan fingerprint density at radius 3 is 2.70 bits per heavy atom. The van der Waals surface area contributed by atoms with Gasteiger partial charge in [0.05, 0.1) is 7.57 Å². The first kappa shape index (κ1) is 15.4. The molecule has 2 aliphatic heterocycles. The number of hydrogen-bond acceptors (Lipinski definition) is 4. The molecule has 1 aromatic rings. The van der Waals surface area contributed by atoms with E-state index in [1.165, 1.54) is 11.3 Å². The average Bonchev–Trinajstić information content (AvgIpc) is 3.06. The van der Waals surface area contributed by atoms with Crippen molar-refractivity contribution in [1.82, 2.24) is 9.62 Å². The van der Waals surface area contributed by atoms with E-state index < -0.39 is 10.0 Å². The third-order valence-corrected chi connectivity index (χ3v) is 8.70. The second-order valence-electron chi connectivity index (χ2n) is 5.22. The van der Waals surface area contributed by atoms with Gasteiger partial charge in [0.2, 0.25) is 10.0 Å². The number of hydrogen-bond donors (Lipinski definition) is 1. The van der Waals surface area contributed by atoms with Crippen LogP contribution in [0.5, 0.6) is 0 Å². The number of halogens is 2. The molecule has 0 radical (unpaired) electrons. The monoisotopic (exact) mass is 442 g/mol. The van der Waals surface area contributed by atoms with Crippen molar-refractivity contribution in [3.05, 3.63) is 13.6 Å². The highest BCUT2D eigenvalue weighted by Crippen LogP contribution is 2.39.